The van der Waals surface area contributed by atoms with Crippen molar-refractivity contribution in [3.05, 3.63) is 67.9 Å². The molecule has 1 saturated heterocycles. The topological polar surface area (TPSA) is 69.6 Å². The van der Waals surface area contributed by atoms with Crippen molar-refractivity contribution < 1.29 is 14.7 Å². The van der Waals surface area contributed by atoms with E-state index in [0.717, 1.165) is 10.5 Å². The molecule has 5 nitrogen and oxygen atoms in total. The Morgan fingerprint density at radius 1 is 1.17 bits per heavy atom. The maximum absolute atomic E-state index is 12.4. The Morgan fingerprint density at radius 3 is 2.54 bits per heavy atom. The molecule has 0 unspecified atom stereocenters. The Morgan fingerprint density at radius 2 is 1.88 bits per heavy atom. The monoisotopic (exact) mass is 454 g/mol. The van der Waals surface area contributed by atoms with E-state index in [9.17, 15) is 14.7 Å². The summed E-state index contributed by atoms with van der Waals surface area (Å²) < 4.78 is 0.664. The third kappa shape index (κ3) is 3.54. The van der Waals surface area contributed by atoms with Crippen LogP contribution in [0.4, 0.5) is 4.79 Å². The highest BCUT2D eigenvalue weighted by atomic mass is 127. The van der Waals surface area contributed by atoms with E-state index in [-0.39, 0.29) is 18.0 Å². The Balaban J connectivity index is 1.81. The number of hydrogen-bond acceptors (Lipinski definition) is 3. The zero-order valence-corrected chi connectivity index (χ0v) is 15.2. The number of benzene rings is 2. The summed E-state index contributed by atoms with van der Waals surface area (Å²) in [7, 11) is 0. The number of halogens is 2. The van der Waals surface area contributed by atoms with E-state index in [1.807, 2.05) is 22.6 Å². The molecule has 1 aliphatic rings. The van der Waals surface area contributed by atoms with Gasteiger partial charge in [0.15, 0.2) is 0 Å². The molecule has 1 aliphatic heterocycles. The van der Waals surface area contributed by atoms with E-state index >= 15 is 0 Å². The summed E-state index contributed by atoms with van der Waals surface area (Å²) in [5.41, 5.74) is 1.73. The van der Waals surface area contributed by atoms with Crippen molar-refractivity contribution in [1.29, 1.82) is 0 Å². The Hall–Kier alpha value is -2.06. The number of phenols is 1. The van der Waals surface area contributed by atoms with Crippen LogP contribution in [-0.4, -0.2) is 21.9 Å². The minimum Gasteiger partial charge on any atom is -0.507 e. The molecule has 3 amide bonds. The normalized spacial score (nSPS) is 15.9. The van der Waals surface area contributed by atoms with Gasteiger partial charge in [-0.2, -0.15) is 0 Å². The van der Waals surface area contributed by atoms with Gasteiger partial charge in [0, 0.05) is 5.02 Å². The van der Waals surface area contributed by atoms with E-state index in [4.69, 9.17) is 11.6 Å². The minimum atomic E-state index is -0.463. The van der Waals surface area contributed by atoms with Gasteiger partial charge in [-0.3, -0.25) is 9.69 Å². The number of aromatic hydroxyl groups is 1. The lowest BCUT2D eigenvalue weighted by Gasteiger charge is -2.11. The minimum absolute atomic E-state index is 0.170. The molecule has 2 aromatic rings. The number of hydrogen-bond donors (Lipinski definition) is 2. The number of nitrogens with zero attached hydrogens (tertiary/aromatic N) is 1. The smallest absolute Gasteiger partial charge is 0.329 e. The van der Waals surface area contributed by atoms with Gasteiger partial charge in [0.2, 0.25) is 0 Å². The zero-order chi connectivity index (χ0) is 17.3. The molecule has 0 aromatic heterocycles. The standard InChI is InChI=1S/C17H12ClIN2O3/c18-12-4-1-10(2-5-12)9-21-16(23)14(20-17(21)24)8-11-3-6-15(22)13(19)7-11/h1-8,22H,9H2,(H,20,24)/b14-8-. The van der Waals surface area contributed by atoms with Crippen LogP contribution >= 0.6 is 34.2 Å². The van der Waals surface area contributed by atoms with Crippen LogP contribution < -0.4 is 5.32 Å². The van der Waals surface area contributed by atoms with E-state index in [1.165, 1.54) is 0 Å². The first-order valence-electron chi connectivity index (χ1n) is 7.01. The van der Waals surface area contributed by atoms with Crippen molar-refractivity contribution in [2.75, 3.05) is 0 Å². The first kappa shape index (κ1) is 16.8. The summed E-state index contributed by atoms with van der Waals surface area (Å²) in [4.78, 5) is 25.6. The van der Waals surface area contributed by atoms with Crippen LogP contribution in [0.1, 0.15) is 11.1 Å². The van der Waals surface area contributed by atoms with Crippen LogP contribution in [0.3, 0.4) is 0 Å². The van der Waals surface area contributed by atoms with Crippen LogP contribution in [0.25, 0.3) is 6.08 Å². The predicted molar refractivity (Wildman–Crippen MR) is 99.3 cm³/mol. The number of imide groups is 1. The van der Waals surface area contributed by atoms with E-state index in [2.05, 4.69) is 5.32 Å². The fourth-order valence-corrected chi connectivity index (χ4v) is 2.93. The van der Waals surface area contributed by atoms with Gasteiger partial charge in [0.05, 0.1) is 10.1 Å². The van der Waals surface area contributed by atoms with Gasteiger partial charge in [-0.25, -0.2) is 4.79 Å². The highest BCUT2D eigenvalue weighted by Gasteiger charge is 2.33. The average Bonchev–Trinajstić information content (AvgIpc) is 2.80. The first-order valence-corrected chi connectivity index (χ1v) is 8.47. The van der Waals surface area contributed by atoms with Gasteiger partial charge in [-0.1, -0.05) is 29.8 Å². The molecular formula is C17H12ClIN2O3. The second kappa shape index (κ2) is 6.82. The maximum Gasteiger partial charge on any atom is 0.329 e. The fourth-order valence-electron chi connectivity index (χ4n) is 2.27. The van der Waals surface area contributed by atoms with Gasteiger partial charge in [0.25, 0.3) is 5.91 Å². The quantitative estimate of drug-likeness (QED) is 0.422. The molecule has 0 atom stereocenters. The van der Waals surface area contributed by atoms with Crippen molar-refractivity contribution in [3.8, 4) is 5.75 Å². The number of phenolic OH excluding ortho intramolecular Hbond substituents is 1. The molecule has 0 aliphatic carbocycles. The Bertz CT molecular complexity index is 849. The molecule has 7 heteroatoms. The fraction of sp³-hybridized carbons (Fsp3) is 0.0588. The lowest BCUT2D eigenvalue weighted by Crippen LogP contribution is -2.30. The highest BCUT2D eigenvalue weighted by Crippen LogP contribution is 2.23. The molecule has 122 valence electrons. The van der Waals surface area contributed by atoms with E-state index in [0.29, 0.717) is 14.2 Å². The van der Waals surface area contributed by atoms with Crippen LogP contribution in [-0.2, 0) is 11.3 Å². The predicted octanol–water partition coefficient (Wildman–Crippen LogP) is 3.74. The molecule has 0 bridgehead atoms. The van der Waals surface area contributed by atoms with Gasteiger partial charge in [0.1, 0.15) is 11.4 Å². The van der Waals surface area contributed by atoms with Gasteiger partial charge in [-0.05, 0) is 64.1 Å². The maximum atomic E-state index is 12.4. The lowest BCUT2D eigenvalue weighted by molar-refractivity contribution is -0.123. The second-order valence-electron chi connectivity index (χ2n) is 5.22. The Kier molecular flexibility index (Phi) is 4.77. The molecule has 0 spiro atoms. The summed E-state index contributed by atoms with van der Waals surface area (Å²) >= 11 is 7.83. The molecule has 1 heterocycles. The van der Waals surface area contributed by atoms with Crippen LogP contribution in [0.15, 0.2) is 48.2 Å². The molecule has 0 saturated carbocycles. The number of urea groups is 1. The van der Waals surface area contributed by atoms with Crippen molar-refractivity contribution in [3.63, 3.8) is 0 Å². The average molecular weight is 455 g/mol. The van der Waals surface area contributed by atoms with Gasteiger partial charge < -0.3 is 10.4 Å². The molecule has 2 aromatic carbocycles. The molecule has 1 fully saturated rings. The third-order valence-electron chi connectivity index (χ3n) is 3.50. The van der Waals surface area contributed by atoms with Gasteiger partial charge in [-0.15, -0.1) is 0 Å². The van der Waals surface area contributed by atoms with Crippen LogP contribution in [0.2, 0.25) is 5.02 Å². The first-order chi connectivity index (χ1) is 11.4. The summed E-state index contributed by atoms with van der Waals surface area (Å²) in [5.74, 6) is -0.220. The van der Waals surface area contributed by atoms with E-state index < -0.39 is 11.9 Å². The lowest BCUT2D eigenvalue weighted by atomic mass is 10.2. The number of rotatable bonds is 3. The van der Waals surface area contributed by atoms with Crippen molar-refractivity contribution in [1.82, 2.24) is 10.2 Å². The molecular weight excluding hydrogens is 443 g/mol. The number of carbonyl (C=O) groups is 2. The summed E-state index contributed by atoms with van der Waals surface area (Å²) in [6.45, 7) is 0.173. The molecule has 0 radical (unpaired) electrons. The van der Waals surface area contributed by atoms with Crippen molar-refractivity contribution >= 4 is 52.2 Å². The molecule has 2 N–H and O–H groups in total. The third-order valence-corrected chi connectivity index (χ3v) is 4.62. The summed E-state index contributed by atoms with van der Waals surface area (Å²) in [6, 6.07) is 11.4. The molecule has 3 rings (SSSR count). The summed E-state index contributed by atoms with van der Waals surface area (Å²) in [5, 5.41) is 12.7. The van der Waals surface area contributed by atoms with E-state index in [1.54, 1.807) is 48.5 Å². The van der Waals surface area contributed by atoms with Crippen molar-refractivity contribution in [2.45, 2.75) is 6.54 Å². The largest absolute Gasteiger partial charge is 0.507 e. The number of nitrogens with one attached hydrogen (secondary N) is 1. The number of amides is 3. The highest BCUT2D eigenvalue weighted by molar-refractivity contribution is 14.1. The Labute approximate surface area is 157 Å². The zero-order valence-electron chi connectivity index (χ0n) is 12.3. The van der Waals surface area contributed by atoms with Crippen LogP contribution in [0, 0.1) is 3.57 Å². The second-order valence-corrected chi connectivity index (χ2v) is 6.82. The van der Waals surface area contributed by atoms with Crippen molar-refractivity contribution in [2.24, 2.45) is 0 Å². The SMILES string of the molecule is O=C1N/C(=C\c2ccc(O)c(I)c2)C(=O)N1Cc1ccc(Cl)cc1. The number of carbonyl (C=O) groups excluding carboxylic acids is 2. The summed E-state index contributed by atoms with van der Waals surface area (Å²) in [6.07, 6.45) is 1.59. The van der Waals surface area contributed by atoms with Gasteiger partial charge >= 0.3 is 6.03 Å². The van der Waals surface area contributed by atoms with Crippen LogP contribution in [0.5, 0.6) is 5.75 Å². The molecule has 24 heavy (non-hydrogen) atoms.